The van der Waals surface area contributed by atoms with Crippen molar-refractivity contribution in [2.24, 2.45) is 5.73 Å². The first-order valence-corrected chi connectivity index (χ1v) is 8.44. The number of ether oxygens (including phenoxy) is 1. The summed E-state index contributed by atoms with van der Waals surface area (Å²) in [5.41, 5.74) is 6.12. The molecule has 1 fully saturated rings. The van der Waals surface area contributed by atoms with E-state index in [0.29, 0.717) is 24.5 Å². The van der Waals surface area contributed by atoms with Crippen LogP contribution in [0.5, 0.6) is 0 Å². The zero-order valence-corrected chi connectivity index (χ0v) is 14.1. The summed E-state index contributed by atoms with van der Waals surface area (Å²) in [5, 5.41) is 3.24. The summed E-state index contributed by atoms with van der Waals surface area (Å²) in [6, 6.07) is 3.88. The van der Waals surface area contributed by atoms with Gasteiger partial charge in [0.15, 0.2) is 0 Å². The second kappa shape index (κ2) is 8.84. The fourth-order valence-corrected chi connectivity index (χ4v) is 2.70. The molecule has 1 aliphatic heterocycles. The van der Waals surface area contributed by atoms with Gasteiger partial charge in [-0.05, 0) is 51.8 Å². The fourth-order valence-electron chi connectivity index (χ4n) is 2.70. The normalized spacial score (nSPS) is 15.9. The van der Waals surface area contributed by atoms with Gasteiger partial charge in [-0.3, -0.25) is 4.79 Å². The molecule has 128 valence electrons. The van der Waals surface area contributed by atoms with Crippen molar-refractivity contribution in [3.8, 4) is 0 Å². The van der Waals surface area contributed by atoms with Gasteiger partial charge in [-0.2, -0.15) is 0 Å². The van der Waals surface area contributed by atoms with Gasteiger partial charge >= 0.3 is 0 Å². The summed E-state index contributed by atoms with van der Waals surface area (Å²) in [7, 11) is 0. The van der Waals surface area contributed by atoms with Crippen LogP contribution in [-0.2, 0) is 4.74 Å². The van der Waals surface area contributed by atoms with Crippen molar-refractivity contribution in [2.45, 2.75) is 45.3 Å². The molecule has 1 aromatic heterocycles. The summed E-state index contributed by atoms with van der Waals surface area (Å²) >= 11 is 0. The molecule has 2 rings (SSSR count). The molecule has 0 saturated carbocycles. The number of amides is 1. The van der Waals surface area contributed by atoms with Gasteiger partial charge in [0.1, 0.15) is 5.82 Å². The van der Waals surface area contributed by atoms with E-state index in [4.69, 9.17) is 10.5 Å². The van der Waals surface area contributed by atoms with Gasteiger partial charge in [-0.25, -0.2) is 4.98 Å². The van der Waals surface area contributed by atoms with Crippen molar-refractivity contribution in [3.05, 3.63) is 23.9 Å². The van der Waals surface area contributed by atoms with Gasteiger partial charge in [-0.1, -0.05) is 0 Å². The summed E-state index contributed by atoms with van der Waals surface area (Å²) in [4.78, 5) is 19.0. The summed E-state index contributed by atoms with van der Waals surface area (Å²) in [6.45, 7) is 6.88. The highest BCUT2D eigenvalue weighted by Gasteiger charge is 2.25. The number of nitrogens with zero attached hydrogens (tertiary/aromatic N) is 2. The molecule has 1 aromatic rings. The van der Waals surface area contributed by atoms with Crippen LogP contribution in [0, 0.1) is 0 Å². The Morgan fingerprint density at radius 3 is 2.87 bits per heavy atom. The van der Waals surface area contributed by atoms with Crippen molar-refractivity contribution < 1.29 is 9.53 Å². The number of anilines is 1. The first kappa shape index (κ1) is 17.7. The Morgan fingerprint density at radius 2 is 2.22 bits per heavy atom. The van der Waals surface area contributed by atoms with Crippen LogP contribution in [0.25, 0.3) is 0 Å². The average Bonchev–Trinajstić information content (AvgIpc) is 2.55. The van der Waals surface area contributed by atoms with Gasteiger partial charge in [0.05, 0.1) is 11.7 Å². The van der Waals surface area contributed by atoms with Crippen LogP contribution in [0.15, 0.2) is 18.3 Å². The van der Waals surface area contributed by atoms with E-state index in [1.54, 1.807) is 12.3 Å². The molecule has 2 heterocycles. The number of rotatable bonds is 7. The Hall–Kier alpha value is -1.66. The molecule has 0 aliphatic carbocycles. The summed E-state index contributed by atoms with van der Waals surface area (Å²) in [6.07, 6.45) is 4.60. The Kier molecular flexibility index (Phi) is 6.80. The number of carbonyl (C=O) groups excluding carboxylic acids is 1. The van der Waals surface area contributed by atoms with E-state index in [0.717, 1.165) is 32.4 Å². The zero-order chi connectivity index (χ0) is 16.7. The third kappa shape index (κ3) is 5.18. The molecular formula is C17H28N4O2. The number of nitrogens with two attached hydrogens (primary N) is 1. The molecule has 0 unspecified atom stereocenters. The van der Waals surface area contributed by atoms with E-state index >= 15 is 0 Å². The topological polar surface area (TPSA) is 80.5 Å². The first-order valence-electron chi connectivity index (χ1n) is 8.44. The minimum Gasteiger partial charge on any atom is -0.378 e. The van der Waals surface area contributed by atoms with E-state index in [1.807, 2.05) is 24.8 Å². The van der Waals surface area contributed by atoms with Crippen molar-refractivity contribution in [1.82, 2.24) is 9.88 Å². The lowest BCUT2D eigenvalue weighted by atomic mass is 10.1. The lowest BCUT2D eigenvalue weighted by Crippen LogP contribution is -2.41. The molecule has 1 aliphatic rings. The zero-order valence-electron chi connectivity index (χ0n) is 14.1. The number of likely N-dealkylation sites (tertiary alicyclic amines) is 1. The highest BCUT2D eigenvalue weighted by atomic mass is 16.5. The highest BCUT2D eigenvalue weighted by Crippen LogP contribution is 2.20. The SMILES string of the molecule is CC(C)Nc1ncccc1C(=O)N1CCC(OCCCN)CC1. The van der Waals surface area contributed by atoms with Crippen LogP contribution in [0.2, 0.25) is 0 Å². The Bertz CT molecular complexity index is 499. The lowest BCUT2D eigenvalue weighted by Gasteiger charge is -2.32. The molecule has 0 atom stereocenters. The van der Waals surface area contributed by atoms with E-state index in [2.05, 4.69) is 10.3 Å². The Morgan fingerprint density at radius 1 is 1.48 bits per heavy atom. The van der Waals surface area contributed by atoms with E-state index in [-0.39, 0.29) is 18.1 Å². The van der Waals surface area contributed by atoms with Gasteiger partial charge < -0.3 is 20.7 Å². The molecule has 23 heavy (non-hydrogen) atoms. The van der Waals surface area contributed by atoms with E-state index in [1.165, 1.54) is 0 Å². The molecular weight excluding hydrogens is 292 g/mol. The third-order valence-corrected chi connectivity index (χ3v) is 3.89. The van der Waals surface area contributed by atoms with Crippen LogP contribution in [0.1, 0.15) is 43.5 Å². The monoisotopic (exact) mass is 320 g/mol. The molecule has 1 amide bonds. The molecule has 1 saturated heterocycles. The quantitative estimate of drug-likeness (QED) is 0.750. The summed E-state index contributed by atoms with van der Waals surface area (Å²) < 4.78 is 5.79. The smallest absolute Gasteiger partial charge is 0.257 e. The first-order chi connectivity index (χ1) is 11.1. The van der Waals surface area contributed by atoms with Gasteiger partial charge in [0.2, 0.25) is 0 Å². The Balaban J connectivity index is 1.92. The minimum absolute atomic E-state index is 0.0432. The molecule has 3 N–H and O–H groups in total. The predicted molar refractivity (Wildman–Crippen MR) is 91.5 cm³/mol. The number of aromatic nitrogens is 1. The second-order valence-electron chi connectivity index (χ2n) is 6.20. The van der Waals surface area contributed by atoms with Crippen LogP contribution >= 0.6 is 0 Å². The van der Waals surface area contributed by atoms with Crippen molar-refractivity contribution in [1.29, 1.82) is 0 Å². The second-order valence-corrected chi connectivity index (χ2v) is 6.20. The van der Waals surface area contributed by atoms with Crippen LogP contribution < -0.4 is 11.1 Å². The maximum atomic E-state index is 12.8. The van der Waals surface area contributed by atoms with Gasteiger partial charge in [0.25, 0.3) is 5.91 Å². The van der Waals surface area contributed by atoms with Crippen LogP contribution in [0.3, 0.4) is 0 Å². The number of piperidine rings is 1. The third-order valence-electron chi connectivity index (χ3n) is 3.89. The average molecular weight is 320 g/mol. The predicted octanol–water partition coefficient (Wildman–Crippen LogP) is 1.87. The van der Waals surface area contributed by atoms with E-state index < -0.39 is 0 Å². The van der Waals surface area contributed by atoms with Gasteiger partial charge in [-0.15, -0.1) is 0 Å². The number of nitrogens with one attached hydrogen (secondary N) is 1. The number of pyridine rings is 1. The molecule has 0 radical (unpaired) electrons. The summed E-state index contributed by atoms with van der Waals surface area (Å²) in [5.74, 6) is 0.704. The standard InChI is InChI=1S/C17H28N4O2/c1-13(2)20-16-15(5-3-9-19-16)17(22)21-10-6-14(7-11-21)23-12-4-8-18/h3,5,9,13-14H,4,6-8,10-12,18H2,1-2H3,(H,19,20). The Labute approximate surface area is 138 Å². The molecule has 6 nitrogen and oxygen atoms in total. The largest absolute Gasteiger partial charge is 0.378 e. The fraction of sp³-hybridized carbons (Fsp3) is 0.647. The van der Waals surface area contributed by atoms with Crippen LogP contribution in [-0.4, -0.2) is 54.2 Å². The number of hydrogen-bond acceptors (Lipinski definition) is 5. The molecule has 0 aromatic carbocycles. The molecule has 6 heteroatoms. The van der Waals surface area contributed by atoms with Crippen molar-refractivity contribution in [3.63, 3.8) is 0 Å². The van der Waals surface area contributed by atoms with Crippen molar-refractivity contribution >= 4 is 11.7 Å². The maximum Gasteiger partial charge on any atom is 0.257 e. The maximum absolute atomic E-state index is 12.8. The van der Waals surface area contributed by atoms with Crippen LogP contribution in [0.4, 0.5) is 5.82 Å². The molecule has 0 bridgehead atoms. The number of carbonyl (C=O) groups is 1. The lowest BCUT2D eigenvalue weighted by molar-refractivity contribution is 0.00846. The van der Waals surface area contributed by atoms with E-state index in [9.17, 15) is 4.79 Å². The molecule has 0 spiro atoms. The highest BCUT2D eigenvalue weighted by molar-refractivity contribution is 5.98. The van der Waals surface area contributed by atoms with Crippen molar-refractivity contribution in [2.75, 3.05) is 31.6 Å². The number of hydrogen-bond donors (Lipinski definition) is 2. The van der Waals surface area contributed by atoms with Gasteiger partial charge in [0, 0.05) is 31.9 Å². The minimum atomic E-state index is 0.0432.